The van der Waals surface area contributed by atoms with Crippen LogP contribution in [0.2, 0.25) is 0 Å². The molecule has 132 valence electrons. The van der Waals surface area contributed by atoms with E-state index in [9.17, 15) is 19.3 Å². The van der Waals surface area contributed by atoms with Crippen molar-refractivity contribution in [3.63, 3.8) is 0 Å². The number of nitro benzene ring substituents is 1. The highest BCUT2D eigenvalue weighted by atomic mass is 19.1. The molecule has 26 heavy (non-hydrogen) atoms. The number of rotatable bonds is 5. The van der Waals surface area contributed by atoms with Gasteiger partial charge in [-0.25, -0.2) is 4.39 Å². The number of amides is 1. The van der Waals surface area contributed by atoms with Crippen LogP contribution in [-0.4, -0.2) is 28.3 Å². The number of anilines is 1. The minimum atomic E-state index is -0.608. The van der Waals surface area contributed by atoms with Gasteiger partial charge in [0.05, 0.1) is 16.6 Å². The quantitative estimate of drug-likeness (QED) is 0.657. The first-order valence-electron chi connectivity index (χ1n) is 7.96. The van der Waals surface area contributed by atoms with E-state index in [1.807, 2.05) is 6.07 Å². The third-order valence-electron chi connectivity index (χ3n) is 4.24. The predicted molar refractivity (Wildman–Crippen MR) is 91.7 cm³/mol. The van der Waals surface area contributed by atoms with Crippen LogP contribution >= 0.6 is 0 Å². The molecule has 0 spiro atoms. The van der Waals surface area contributed by atoms with Crippen LogP contribution in [-0.2, 0) is 11.3 Å². The van der Waals surface area contributed by atoms with Gasteiger partial charge in [0.2, 0.25) is 5.91 Å². The van der Waals surface area contributed by atoms with Crippen molar-refractivity contribution in [3.05, 3.63) is 69.5 Å². The summed E-state index contributed by atoms with van der Waals surface area (Å²) in [5.74, 6) is -0.531. The van der Waals surface area contributed by atoms with Gasteiger partial charge < -0.3 is 10.2 Å². The van der Waals surface area contributed by atoms with Gasteiger partial charge in [-0.2, -0.15) is 5.26 Å². The first-order valence-corrected chi connectivity index (χ1v) is 7.96. The lowest BCUT2D eigenvalue weighted by molar-refractivity contribution is -0.384. The molecule has 0 radical (unpaired) electrons. The summed E-state index contributed by atoms with van der Waals surface area (Å²) in [4.78, 5) is 24.8. The van der Waals surface area contributed by atoms with Crippen LogP contribution < -0.4 is 5.32 Å². The molecule has 1 amide bonds. The lowest BCUT2D eigenvalue weighted by Gasteiger charge is -2.18. The Morgan fingerprint density at radius 2 is 2.04 bits per heavy atom. The Kier molecular flexibility index (Phi) is 4.80. The van der Waals surface area contributed by atoms with Crippen molar-refractivity contribution in [1.29, 1.82) is 5.26 Å². The number of nitro groups is 1. The van der Waals surface area contributed by atoms with Crippen molar-refractivity contribution in [2.45, 2.75) is 19.0 Å². The Bertz CT molecular complexity index is 892. The summed E-state index contributed by atoms with van der Waals surface area (Å²) in [5.41, 5.74) is 1.04. The SMILES string of the molecule is N#Cc1ccc([N+](=O)[O-])c(NC2CCN(Cc3ccc(F)cc3)C2=O)c1. The summed E-state index contributed by atoms with van der Waals surface area (Å²) in [6, 6.07) is 11.2. The highest BCUT2D eigenvalue weighted by Crippen LogP contribution is 2.28. The van der Waals surface area contributed by atoms with E-state index < -0.39 is 11.0 Å². The number of nitrogens with one attached hydrogen (secondary N) is 1. The Morgan fingerprint density at radius 1 is 1.31 bits per heavy atom. The van der Waals surface area contributed by atoms with Crippen molar-refractivity contribution < 1.29 is 14.1 Å². The molecular formula is C18H15FN4O3. The molecule has 1 heterocycles. The molecule has 1 aliphatic heterocycles. The molecule has 1 aliphatic rings. The molecule has 0 aromatic heterocycles. The Balaban J connectivity index is 1.74. The summed E-state index contributed by atoms with van der Waals surface area (Å²) in [6.45, 7) is 0.831. The Morgan fingerprint density at radius 3 is 2.69 bits per heavy atom. The summed E-state index contributed by atoms with van der Waals surface area (Å²) in [7, 11) is 0. The summed E-state index contributed by atoms with van der Waals surface area (Å²) >= 11 is 0. The Hall–Kier alpha value is -3.47. The number of benzene rings is 2. The van der Waals surface area contributed by atoms with Crippen LogP contribution in [0.15, 0.2) is 42.5 Å². The summed E-state index contributed by atoms with van der Waals surface area (Å²) < 4.78 is 13.0. The van der Waals surface area contributed by atoms with Crippen molar-refractivity contribution in [2.75, 3.05) is 11.9 Å². The van der Waals surface area contributed by atoms with Gasteiger partial charge in [0, 0.05) is 19.2 Å². The average Bonchev–Trinajstić information content (AvgIpc) is 2.96. The molecule has 1 fully saturated rings. The number of nitrogens with zero attached hydrogens (tertiary/aromatic N) is 3. The van der Waals surface area contributed by atoms with Crippen molar-refractivity contribution in [3.8, 4) is 6.07 Å². The van der Waals surface area contributed by atoms with E-state index in [0.717, 1.165) is 5.56 Å². The van der Waals surface area contributed by atoms with E-state index >= 15 is 0 Å². The second kappa shape index (κ2) is 7.19. The minimum absolute atomic E-state index is 0.149. The molecular weight excluding hydrogens is 339 g/mol. The largest absolute Gasteiger partial charge is 0.368 e. The number of hydrogen-bond donors (Lipinski definition) is 1. The van der Waals surface area contributed by atoms with Gasteiger partial charge in [-0.1, -0.05) is 12.1 Å². The van der Waals surface area contributed by atoms with Crippen molar-refractivity contribution >= 4 is 17.3 Å². The molecule has 2 aromatic carbocycles. The van der Waals surface area contributed by atoms with Crippen molar-refractivity contribution in [1.82, 2.24) is 4.90 Å². The maximum absolute atomic E-state index is 13.0. The first kappa shape index (κ1) is 17.4. The predicted octanol–water partition coefficient (Wildman–Crippen LogP) is 2.82. The van der Waals surface area contributed by atoms with Gasteiger partial charge >= 0.3 is 0 Å². The lowest BCUT2D eigenvalue weighted by atomic mass is 10.1. The van der Waals surface area contributed by atoms with E-state index in [1.54, 1.807) is 17.0 Å². The van der Waals surface area contributed by atoms with Gasteiger partial charge in [0.15, 0.2) is 0 Å². The number of likely N-dealkylation sites (tertiary alicyclic amines) is 1. The van der Waals surface area contributed by atoms with Gasteiger partial charge in [-0.3, -0.25) is 14.9 Å². The normalized spacial score (nSPS) is 16.4. The van der Waals surface area contributed by atoms with E-state index in [-0.39, 0.29) is 28.7 Å². The van der Waals surface area contributed by atoms with Crippen LogP contribution in [0.25, 0.3) is 0 Å². The summed E-state index contributed by atoms with van der Waals surface area (Å²) in [5, 5.41) is 23.0. The zero-order chi connectivity index (χ0) is 18.7. The van der Waals surface area contributed by atoms with Crippen LogP contribution in [0.4, 0.5) is 15.8 Å². The fraction of sp³-hybridized carbons (Fsp3) is 0.222. The van der Waals surface area contributed by atoms with E-state index in [4.69, 9.17) is 5.26 Å². The number of nitriles is 1. The second-order valence-electron chi connectivity index (χ2n) is 5.97. The van der Waals surface area contributed by atoms with E-state index in [1.165, 1.54) is 30.3 Å². The second-order valence-corrected chi connectivity index (χ2v) is 5.97. The number of halogens is 1. The van der Waals surface area contributed by atoms with E-state index in [2.05, 4.69) is 5.32 Å². The maximum atomic E-state index is 13.0. The lowest BCUT2D eigenvalue weighted by Crippen LogP contribution is -2.33. The van der Waals surface area contributed by atoms with Gasteiger partial charge in [0.25, 0.3) is 5.69 Å². The molecule has 0 aliphatic carbocycles. The smallest absolute Gasteiger partial charge is 0.292 e. The third-order valence-corrected chi connectivity index (χ3v) is 4.24. The maximum Gasteiger partial charge on any atom is 0.292 e. The van der Waals surface area contributed by atoms with Crippen LogP contribution in [0.3, 0.4) is 0 Å². The standard InChI is InChI=1S/C18H15FN4O3/c19-14-4-1-12(2-5-14)11-22-8-7-15(18(22)24)21-16-9-13(10-20)3-6-17(16)23(25)26/h1-6,9,15,21H,7-8,11H2. The number of hydrogen-bond acceptors (Lipinski definition) is 5. The minimum Gasteiger partial charge on any atom is -0.368 e. The molecule has 3 rings (SSSR count). The van der Waals surface area contributed by atoms with Crippen LogP contribution in [0, 0.1) is 27.3 Å². The molecule has 1 saturated heterocycles. The molecule has 1 atom stereocenters. The molecule has 2 aromatic rings. The third kappa shape index (κ3) is 3.62. The topological polar surface area (TPSA) is 99.3 Å². The first-order chi connectivity index (χ1) is 12.5. The van der Waals surface area contributed by atoms with Gasteiger partial charge in [-0.15, -0.1) is 0 Å². The van der Waals surface area contributed by atoms with Crippen LogP contribution in [0.5, 0.6) is 0 Å². The Labute approximate surface area is 148 Å². The van der Waals surface area contributed by atoms with Crippen LogP contribution in [0.1, 0.15) is 17.5 Å². The molecule has 7 nitrogen and oxygen atoms in total. The molecule has 0 saturated carbocycles. The monoisotopic (exact) mass is 354 g/mol. The zero-order valence-electron chi connectivity index (χ0n) is 13.7. The number of carbonyl (C=O) groups is 1. The number of carbonyl (C=O) groups excluding carboxylic acids is 1. The molecule has 1 unspecified atom stereocenters. The van der Waals surface area contributed by atoms with E-state index in [0.29, 0.717) is 19.5 Å². The highest BCUT2D eigenvalue weighted by Gasteiger charge is 2.32. The fourth-order valence-corrected chi connectivity index (χ4v) is 2.91. The van der Waals surface area contributed by atoms with Crippen molar-refractivity contribution in [2.24, 2.45) is 0 Å². The summed E-state index contributed by atoms with van der Waals surface area (Å²) in [6.07, 6.45) is 0.480. The molecule has 8 heteroatoms. The zero-order valence-corrected chi connectivity index (χ0v) is 13.7. The van der Waals surface area contributed by atoms with Gasteiger partial charge in [0.1, 0.15) is 17.5 Å². The highest BCUT2D eigenvalue weighted by molar-refractivity contribution is 5.87. The molecule has 1 N–H and O–H groups in total. The fourth-order valence-electron chi connectivity index (χ4n) is 2.91. The average molecular weight is 354 g/mol. The van der Waals surface area contributed by atoms with Gasteiger partial charge in [-0.05, 0) is 36.2 Å². The molecule has 0 bridgehead atoms.